The quantitative estimate of drug-likeness (QED) is 0.101. The number of halogens is 2. The van der Waals surface area contributed by atoms with Crippen molar-refractivity contribution in [3.63, 3.8) is 0 Å². The molecule has 47 heavy (non-hydrogen) atoms. The fourth-order valence-electron chi connectivity index (χ4n) is 5.69. The molecule has 13 heteroatoms. The van der Waals surface area contributed by atoms with Gasteiger partial charge in [0.15, 0.2) is 22.1 Å². The molecule has 2 heterocycles. The summed E-state index contributed by atoms with van der Waals surface area (Å²) in [6, 6.07) is 26.9. The number of Topliss-reactive ketones (excluding diaryl/α,β-unsaturated/α-hetero) is 2. The number of para-hydroxylation sites is 1. The lowest BCUT2D eigenvalue weighted by Gasteiger charge is -2.36. The van der Waals surface area contributed by atoms with Crippen molar-refractivity contribution < 1.29 is 24.1 Å². The number of amides is 2. The van der Waals surface area contributed by atoms with E-state index in [2.05, 4.69) is 15.9 Å². The van der Waals surface area contributed by atoms with E-state index in [1.54, 1.807) is 36.4 Å². The average Bonchev–Trinajstić information content (AvgIpc) is 3.42. The Morgan fingerprint density at radius 3 is 1.66 bits per heavy atom. The highest BCUT2D eigenvalue weighted by molar-refractivity contribution is 9.10. The largest absolute Gasteiger partial charge is 0.295 e. The van der Waals surface area contributed by atoms with Gasteiger partial charge in [-0.3, -0.25) is 29.3 Å². The van der Waals surface area contributed by atoms with Crippen LogP contribution in [0.5, 0.6) is 0 Å². The van der Waals surface area contributed by atoms with Gasteiger partial charge in [-0.2, -0.15) is 0 Å². The molecule has 0 N–H and O–H groups in total. The molecule has 2 aliphatic heterocycles. The molecule has 4 atom stereocenters. The molecular formula is C34H25BrClN3O6S2. The Balaban J connectivity index is 1.42. The lowest BCUT2D eigenvalue weighted by molar-refractivity contribution is -0.387. The maximum Gasteiger partial charge on any atom is 0.282 e. The lowest BCUT2D eigenvalue weighted by atomic mass is 10.0. The third kappa shape index (κ3) is 6.73. The number of nitro groups is 1. The number of hydrazine groups is 1. The SMILES string of the molecule is O=C1C(Sc2cc(Br)ccc2Cl)C(=O)N(N2C(=O)C(Sc3ccccc3[N+](=O)[O-])C(=O)C2Cc2ccccc2)C1Cc1ccccc1. The lowest BCUT2D eigenvalue weighted by Crippen LogP contribution is -2.55. The Morgan fingerprint density at radius 1 is 0.681 bits per heavy atom. The second kappa shape index (κ2) is 14.0. The summed E-state index contributed by atoms with van der Waals surface area (Å²) < 4.78 is 0.707. The van der Waals surface area contributed by atoms with Crippen LogP contribution in [0.25, 0.3) is 0 Å². The number of ketones is 2. The van der Waals surface area contributed by atoms with E-state index in [0.717, 1.165) is 44.7 Å². The van der Waals surface area contributed by atoms with Crippen LogP contribution in [0.4, 0.5) is 5.69 Å². The first kappa shape index (κ1) is 33.0. The minimum atomic E-state index is -1.38. The number of carbonyl (C=O) groups excluding carboxylic acids is 4. The van der Waals surface area contributed by atoms with Crippen molar-refractivity contribution in [1.82, 2.24) is 10.0 Å². The maximum atomic E-state index is 14.4. The number of nitro benzene ring substituents is 1. The average molecular weight is 751 g/mol. The van der Waals surface area contributed by atoms with Crippen molar-refractivity contribution in [2.45, 2.75) is 45.2 Å². The van der Waals surface area contributed by atoms with Gasteiger partial charge in [0, 0.05) is 28.3 Å². The summed E-state index contributed by atoms with van der Waals surface area (Å²) in [6.07, 6.45) is 0.178. The summed E-state index contributed by atoms with van der Waals surface area (Å²) in [7, 11) is 0. The summed E-state index contributed by atoms with van der Waals surface area (Å²) in [5.41, 5.74) is 1.26. The normalized spacial score (nSPS) is 21.1. The van der Waals surface area contributed by atoms with Gasteiger partial charge in [-0.1, -0.05) is 112 Å². The fraction of sp³-hybridized carbons (Fsp3) is 0.176. The van der Waals surface area contributed by atoms with Crippen molar-refractivity contribution in [2.24, 2.45) is 0 Å². The molecule has 4 unspecified atom stereocenters. The van der Waals surface area contributed by atoms with Gasteiger partial charge in [0.05, 0.1) is 14.8 Å². The molecule has 4 aromatic carbocycles. The van der Waals surface area contributed by atoms with Crippen LogP contribution in [-0.2, 0) is 32.0 Å². The van der Waals surface area contributed by atoms with Crippen LogP contribution in [0.1, 0.15) is 11.1 Å². The van der Waals surface area contributed by atoms with Gasteiger partial charge in [0.1, 0.15) is 12.1 Å². The topological polar surface area (TPSA) is 118 Å². The van der Waals surface area contributed by atoms with Gasteiger partial charge >= 0.3 is 0 Å². The number of hydrogen-bond acceptors (Lipinski definition) is 8. The molecule has 2 fully saturated rings. The molecule has 2 aliphatic rings. The molecule has 0 aromatic heterocycles. The van der Waals surface area contributed by atoms with E-state index in [9.17, 15) is 29.3 Å². The van der Waals surface area contributed by atoms with E-state index >= 15 is 0 Å². The predicted molar refractivity (Wildman–Crippen MR) is 183 cm³/mol. The van der Waals surface area contributed by atoms with E-state index in [4.69, 9.17) is 11.6 Å². The smallest absolute Gasteiger partial charge is 0.282 e. The number of rotatable bonds is 10. The van der Waals surface area contributed by atoms with E-state index in [1.165, 1.54) is 18.2 Å². The highest BCUT2D eigenvalue weighted by Gasteiger charge is 2.58. The monoisotopic (exact) mass is 749 g/mol. The van der Waals surface area contributed by atoms with Crippen molar-refractivity contribution in [3.8, 4) is 0 Å². The molecule has 9 nitrogen and oxygen atoms in total. The predicted octanol–water partition coefficient (Wildman–Crippen LogP) is 6.59. The van der Waals surface area contributed by atoms with Crippen LogP contribution < -0.4 is 0 Å². The summed E-state index contributed by atoms with van der Waals surface area (Å²) in [5.74, 6) is -2.29. The first-order valence-electron chi connectivity index (χ1n) is 14.5. The zero-order valence-corrected chi connectivity index (χ0v) is 28.4. The Hall–Kier alpha value is -3.97. The number of thioether (sulfide) groups is 2. The summed E-state index contributed by atoms with van der Waals surface area (Å²) in [4.78, 5) is 69.0. The van der Waals surface area contributed by atoms with Crippen molar-refractivity contribution >= 4 is 80.1 Å². The number of nitrogens with zero attached hydrogens (tertiary/aromatic N) is 3. The van der Waals surface area contributed by atoms with Gasteiger partial charge in [0.25, 0.3) is 17.5 Å². The highest BCUT2D eigenvalue weighted by atomic mass is 79.9. The molecule has 0 saturated carbocycles. The minimum absolute atomic E-state index is 0.0741. The molecule has 2 amide bonds. The van der Waals surface area contributed by atoms with Crippen molar-refractivity contribution in [3.05, 3.63) is 134 Å². The molecule has 0 radical (unpaired) electrons. The first-order chi connectivity index (χ1) is 22.6. The second-order valence-electron chi connectivity index (χ2n) is 10.9. The van der Waals surface area contributed by atoms with E-state index in [1.807, 2.05) is 48.5 Å². The minimum Gasteiger partial charge on any atom is -0.295 e. The molecular weight excluding hydrogens is 726 g/mol. The molecule has 2 saturated heterocycles. The number of benzene rings is 4. The first-order valence-corrected chi connectivity index (χ1v) is 17.4. The Labute approximate surface area is 291 Å². The zero-order chi connectivity index (χ0) is 33.2. The third-order valence-electron chi connectivity index (χ3n) is 7.89. The Bertz CT molecular complexity index is 1880. The molecule has 0 bridgehead atoms. The van der Waals surface area contributed by atoms with E-state index < -0.39 is 50.9 Å². The van der Waals surface area contributed by atoms with Gasteiger partial charge in [-0.15, -0.1) is 11.8 Å². The molecule has 238 valence electrons. The summed E-state index contributed by atoms with van der Waals surface area (Å²) in [5, 5.41) is 11.8. The van der Waals surface area contributed by atoms with Crippen molar-refractivity contribution in [1.29, 1.82) is 0 Å². The maximum absolute atomic E-state index is 14.4. The van der Waals surface area contributed by atoms with Crippen molar-refractivity contribution in [2.75, 3.05) is 0 Å². The summed E-state index contributed by atoms with van der Waals surface area (Å²) >= 11 is 11.6. The van der Waals surface area contributed by atoms with Crippen LogP contribution in [0.2, 0.25) is 5.02 Å². The number of carbonyl (C=O) groups is 4. The number of hydrogen-bond donors (Lipinski definition) is 0. The Morgan fingerprint density at radius 2 is 1.15 bits per heavy atom. The van der Waals surface area contributed by atoms with Gasteiger partial charge in [0.2, 0.25) is 0 Å². The standard InChI is InChI=1S/C34H25BrClN3O6S2/c35-22-15-16-23(36)28(19-22)47-32-30(41)26(18-21-11-5-2-6-12-21)38(34(32)43)37-25(17-20-9-3-1-4-10-20)29(40)31(33(37)42)46-27-14-8-7-13-24(27)39(44)45/h1-16,19,25-26,31-32H,17-18H2. The van der Waals surface area contributed by atoms with Crippen LogP contribution in [-0.4, -0.2) is 60.9 Å². The van der Waals surface area contributed by atoms with Crippen LogP contribution >= 0.6 is 51.1 Å². The van der Waals surface area contributed by atoms with Gasteiger partial charge in [-0.05, 0) is 35.4 Å². The van der Waals surface area contributed by atoms with E-state index in [0.29, 0.717) is 14.4 Å². The van der Waals surface area contributed by atoms with Crippen LogP contribution in [0, 0.1) is 10.1 Å². The molecule has 6 rings (SSSR count). The highest BCUT2D eigenvalue weighted by Crippen LogP contribution is 2.42. The summed E-state index contributed by atoms with van der Waals surface area (Å²) in [6.45, 7) is 0. The van der Waals surface area contributed by atoms with Crippen LogP contribution in [0.3, 0.4) is 0 Å². The van der Waals surface area contributed by atoms with Gasteiger partial charge < -0.3 is 0 Å². The third-order valence-corrected chi connectivity index (χ3v) is 11.4. The fourth-order valence-corrected chi connectivity index (χ4v) is 8.72. The second-order valence-corrected chi connectivity index (χ2v) is 14.5. The molecule has 0 spiro atoms. The van der Waals surface area contributed by atoms with Gasteiger partial charge in [-0.25, -0.2) is 10.0 Å². The molecule has 4 aromatic rings. The molecule has 0 aliphatic carbocycles. The van der Waals surface area contributed by atoms with E-state index in [-0.39, 0.29) is 23.4 Å². The zero-order valence-electron chi connectivity index (χ0n) is 24.4. The Kier molecular flexibility index (Phi) is 9.83. The van der Waals surface area contributed by atoms with Crippen LogP contribution in [0.15, 0.2) is 117 Å².